The molecule has 3 nitrogen and oxygen atoms in total. The van der Waals surface area contributed by atoms with Crippen molar-refractivity contribution in [1.29, 1.82) is 0 Å². The maximum atomic E-state index is 13.0. The molecule has 2 spiro atoms. The summed E-state index contributed by atoms with van der Waals surface area (Å²) < 4.78 is 0. The smallest absolute Gasteiger partial charge is 0.239 e. The van der Waals surface area contributed by atoms with Gasteiger partial charge in [0.1, 0.15) is 0 Å². The molecule has 0 aromatic heterocycles. The Balaban J connectivity index is 1.97. The predicted octanol–water partition coefficient (Wildman–Crippen LogP) is 2.21. The number of hydrogen-bond acceptors (Lipinski definition) is 2. The molecule has 1 N–H and O–H groups in total. The fourth-order valence-electron chi connectivity index (χ4n) is 4.80. The van der Waals surface area contributed by atoms with Gasteiger partial charge in [0.25, 0.3) is 0 Å². The van der Waals surface area contributed by atoms with Crippen LogP contribution in [0, 0.1) is 0 Å². The van der Waals surface area contributed by atoms with E-state index in [0.717, 1.165) is 31.5 Å². The third-order valence-electron chi connectivity index (χ3n) is 5.63. The molecule has 100 valence electrons. The molecule has 2 heterocycles. The monoisotopic (exact) mass is 256 g/mol. The van der Waals surface area contributed by atoms with Gasteiger partial charge < -0.3 is 10.2 Å². The van der Waals surface area contributed by atoms with E-state index in [9.17, 15) is 4.79 Å². The average Bonchev–Trinajstić information content (AvgIpc) is 3.11. The lowest BCUT2D eigenvalue weighted by Gasteiger charge is -2.39. The zero-order valence-electron chi connectivity index (χ0n) is 11.4. The van der Waals surface area contributed by atoms with Gasteiger partial charge in [0.2, 0.25) is 5.91 Å². The summed E-state index contributed by atoms with van der Waals surface area (Å²) in [5.41, 5.74) is 2.09. The number of hydrogen-bond donors (Lipinski definition) is 1. The first-order valence-electron chi connectivity index (χ1n) is 7.34. The normalized spacial score (nSPS) is 31.6. The summed E-state index contributed by atoms with van der Waals surface area (Å²) in [4.78, 5) is 14.9. The van der Waals surface area contributed by atoms with Crippen molar-refractivity contribution in [2.45, 2.75) is 43.1 Å². The molecule has 1 aliphatic carbocycles. The average molecular weight is 256 g/mol. The number of nitrogens with one attached hydrogen (secondary N) is 1. The maximum absolute atomic E-state index is 13.0. The minimum atomic E-state index is -0.297. The van der Waals surface area contributed by atoms with Crippen molar-refractivity contribution < 1.29 is 4.79 Å². The Morgan fingerprint density at radius 2 is 1.89 bits per heavy atom. The molecule has 1 unspecified atom stereocenters. The van der Waals surface area contributed by atoms with Gasteiger partial charge >= 0.3 is 0 Å². The molecule has 1 amide bonds. The zero-order chi connectivity index (χ0) is 13.1. The Hall–Kier alpha value is -1.35. The molecule has 19 heavy (non-hydrogen) atoms. The van der Waals surface area contributed by atoms with Crippen molar-refractivity contribution in [2.24, 2.45) is 0 Å². The molecule has 0 radical (unpaired) electrons. The number of benzene rings is 1. The number of nitrogens with zero attached hydrogens (tertiary/aromatic N) is 1. The molecule has 1 atom stereocenters. The van der Waals surface area contributed by atoms with Gasteiger partial charge in [-0.05, 0) is 37.4 Å². The topological polar surface area (TPSA) is 32.3 Å². The molecule has 3 aliphatic rings. The van der Waals surface area contributed by atoms with Crippen LogP contribution in [-0.2, 0) is 10.2 Å². The summed E-state index contributed by atoms with van der Waals surface area (Å²) >= 11 is 0. The molecule has 1 saturated carbocycles. The molecule has 1 aromatic rings. The molecule has 4 rings (SSSR count). The number of carbonyl (C=O) groups is 1. The van der Waals surface area contributed by atoms with Gasteiger partial charge in [-0.15, -0.1) is 0 Å². The van der Waals surface area contributed by atoms with Crippen LogP contribution in [0.2, 0.25) is 0 Å². The van der Waals surface area contributed by atoms with Crippen molar-refractivity contribution >= 4 is 11.6 Å². The SMILES string of the molecule is CN1C(=O)C2(CCNC23CCCC3)c2ccccc21. The Morgan fingerprint density at radius 1 is 1.16 bits per heavy atom. The van der Waals surface area contributed by atoms with Crippen molar-refractivity contribution in [3.8, 4) is 0 Å². The van der Waals surface area contributed by atoms with Gasteiger partial charge in [0.05, 0.1) is 5.41 Å². The van der Waals surface area contributed by atoms with Crippen LogP contribution in [0.25, 0.3) is 0 Å². The first kappa shape index (κ1) is 11.5. The Bertz CT molecular complexity index is 542. The van der Waals surface area contributed by atoms with E-state index in [2.05, 4.69) is 23.5 Å². The fraction of sp³-hybridized carbons (Fsp3) is 0.562. The Labute approximate surface area is 114 Å². The summed E-state index contributed by atoms with van der Waals surface area (Å²) in [5.74, 6) is 0.306. The summed E-state index contributed by atoms with van der Waals surface area (Å²) in [6.45, 7) is 0.966. The lowest BCUT2D eigenvalue weighted by Crippen LogP contribution is -2.57. The van der Waals surface area contributed by atoms with Crippen LogP contribution < -0.4 is 10.2 Å². The number of fused-ring (bicyclic) bond motifs is 3. The van der Waals surface area contributed by atoms with Gasteiger partial charge in [0, 0.05) is 18.3 Å². The van der Waals surface area contributed by atoms with E-state index in [1.807, 2.05) is 18.0 Å². The molecular formula is C16H20N2O. The summed E-state index contributed by atoms with van der Waals surface area (Å²) in [7, 11) is 1.93. The van der Waals surface area contributed by atoms with E-state index in [0.29, 0.717) is 5.91 Å². The highest BCUT2D eigenvalue weighted by Crippen LogP contribution is 2.57. The van der Waals surface area contributed by atoms with E-state index in [1.165, 1.54) is 18.4 Å². The number of rotatable bonds is 0. The third kappa shape index (κ3) is 1.15. The maximum Gasteiger partial charge on any atom is 0.239 e. The third-order valence-corrected chi connectivity index (χ3v) is 5.63. The Kier molecular flexibility index (Phi) is 2.17. The molecular weight excluding hydrogens is 236 g/mol. The summed E-state index contributed by atoms with van der Waals surface area (Å²) in [6.07, 6.45) is 5.72. The second-order valence-corrected chi connectivity index (χ2v) is 6.25. The number of anilines is 1. The lowest BCUT2D eigenvalue weighted by atomic mass is 9.65. The van der Waals surface area contributed by atoms with Gasteiger partial charge in [-0.1, -0.05) is 31.0 Å². The van der Waals surface area contributed by atoms with E-state index in [-0.39, 0.29) is 11.0 Å². The molecule has 1 saturated heterocycles. The number of likely N-dealkylation sites (N-methyl/N-ethyl adjacent to an activating group) is 1. The van der Waals surface area contributed by atoms with Gasteiger partial charge in [0.15, 0.2) is 0 Å². The van der Waals surface area contributed by atoms with Gasteiger partial charge in [-0.25, -0.2) is 0 Å². The first-order valence-corrected chi connectivity index (χ1v) is 7.34. The fourth-order valence-corrected chi connectivity index (χ4v) is 4.80. The van der Waals surface area contributed by atoms with E-state index < -0.39 is 0 Å². The van der Waals surface area contributed by atoms with Crippen LogP contribution in [0.4, 0.5) is 5.69 Å². The van der Waals surface area contributed by atoms with E-state index in [1.54, 1.807) is 0 Å². The highest BCUT2D eigenvalue weighted by atomic mass is 16.2. The molecule has 2 fully saturated rings. The second-order valence-electron chi connectivity index (χ2n) is 6.25. The second kappa shape index (κ2) is 3.60. The standard InChI is InChI=1S/C16H20N2O/c1-18-13-7-3-2-6-12(13)16(14(18)19)10-11-17-15(16)8-4-5-9-15/h2-3,6-7,17H,4-5,8-11H2,1H3. The summed E-state index contributed by atoms with van der Waals surface area (Å²) in [5, 5.41) is 3.71. The number of amides is 1. The Morgan fingerprint density at radius 3 is 2.68 bits per heavy atom. The van der Waals surface area contributed by atoms with Crippen molar-refractivity contribution in [2.75, 3.05) is 18.5 Å². The van der Waals surface area contributed by atoms with E-state index >= 15 is 0 Å². The van der Waals surface area contributed by atoms with Gasteiger partial charge in [-0.2, -0.15) is 0 Å². The van der Waals surface area contributed by atoms with Crippen molar-refractivity contribution in [3.63, 3.8) is 0 Å². The first-order chi connectivity index (χ1) is 9.21. The highest BCUT2D eigenvalue weighted by Gasteiger charge is 2.65. The van der Waals surface area contributed by atoms with Gasteiger partial charge in [-0.3, -0.25) is 4.79 Å². The quantitative estimate of drug-likeness (QED) is 0.772. The van der Waals surface area contributed by atoms with Crippen molar-refractivity contribution in [1.82, 2.24) is 5.32 Å². The number of para-hydroxylation sites is 1. The highest BCUT2D eigenvalue weighted by molar-refractivity contribution is 6.09. The number of carbonyl (C=O) groups excluding carboxylic acids is 1. The molecule has 3 heteroatoms. The van der Waals surface area contributed by atoms with E-state index in [4.69, 9.17) is 0 Å². The molecule has 2 aliphatic heterocycles. The van der Waals surface area contributed by atoms with Crippen LogP contribution in [0.3, 0.4) is 0 Å². The molecule has 0 bridgehead atoms. The minimum absolute atomic E-state index is 0.0188. The lowest BCUT2D eigenvalue weighted by molar-refractivity contribution is -0.124. The molecule has 1 aromatic carbocycles. The van der Waals surface area contributed by atoms with Crippen molar-refractivity contribution in [3.05, 3.63) is 29.8 Å². The van der Waals surface area contributed by atoms with Crippen LogP contribution in [0.15, 0.2) is 24.3 Å². The minimum Gasteiger partial charge on any atom is -0.314 e. The van der Waals surface area contributed by atoms with Crippen LogP contribution in [0.5, 0.6) is 0 Å². The van der Waals surface area contributed by atoms with Crippen LogP contribution in [-0.4, -0.2) is 25.0 Å². The van der Waals surface area contributed by atoms with Crippen LogP contribution >= 0.6 is 0 Å². The summed E-state index contributed by atoms with van der Waals surface area (Å²) in [6, 6.07) is 8.37. The zero-order valence-corrected chi connectivity index (χ0v) is 11.4. The van der Waals surface area contributed by atoms with Crippen LogP contribution in [0.1, 0.15) is 37.7 Å². The predicted molar refractivity (Wildman–Crippen MR) is 75.3 cm³/mol. The largest absolute Gasteiger partial charge is 0.314 e.